The molecule has 1 heterocycles. The molecule has 0 saturated carbocycles. The fourth-order valence-corrected chi connectivity index (χ4v) is 1.66. The van der Waals surface area contributed by atoms with Crippen molar-refractivity contribution in [1.82, 2.24) is 10.6 Å². The van der Waals surface area contributed by atoms with Crippen LogP contribution in [0.25, 0.3) is 0 Å². The maximum Gasteiger partial charge on any atom is 0.0957 e. The van der Waals surface area contributed by atoms with Gasteiger partial charge in [0.25, 0.3) is 0 Å². The van der Waals surface area contributed by atoms with Gasteiger partial charge in [0.1, 0.15) is 0 Å². The van der Waals surface area contributed by atoms with Crippen LogP contribution in [0.3, 0.4) is 0 Å². The molecule has 1 saturated heterocycles. The summed E-state index contributed by atoms with van der Waals surface area (Å²) in [5.74, 6) is 0.900. The molecule has 0 bridgehead atoms. The van der Waals surface area contributed by atoms with Crippen LogP contribution in [0.1, 0.15) is 34.1 Å². The first-order valence-electron chi connectivity index (χ1n) is 5.06. The van der Waals surface area contributed by atoms with Crippen molar-refractivity contribution in [1.29, 1.82) is 0 Å². The molecule has 0 spiro atoms. The Bertz CT molecular complexity index is 300. The van der Waals surface area contributed by atoms with Crippen LogP contribution in [-0.2, 0) is 0 Å². The van der Waals surface area contributed by atoms with E-state index >= 15 is 0 Å². The maximum absolute atomic E-state index is 3.92. The highest BCUT2D eigenvalue weighted by Crippen LogP contribution is 2.21. The minimum absolute atomic E-state index is 0.900. The van der Waals surface area contributed by atoms with Gasteiger partial charge in [0.15, 0.2) is 0 Å². The lowest BCUT2D eigenvalue weighted by Gasteiger charge is -2.14. The number of rotatable bonds is 0. The first kappa shape index (κ1) is 10.9. The van der Waals surface area contributed by atoms with E-state index in [4.69, 9.17) is 0 Å². The SMILES string of the molecule is C=C1NCCC(=C(C)C)C(=C(C)C)N1. The average Bonchev–Trinajstić information content (AvgIpc) is 2.26. The molecule has 0 aliphatic carbocycles. The summed E-state index contributed by atoms with van der Waals surface area (Å²) < 4.78 is 0. The molecular formula is C12H20N2. The third-order valence-corrected chi connectivity index (χ3v) is 2.39. The Morgan fingerprint density at radius 1 is 1.14 bits per heavy atom. The molecule has 0 aromatic rings. The van der Waals surface area contributed by atoms with Crippen LogP contribution in [0.15, 0.2) is 34.8 Å². The summed E-state index contributed by atoms with van der Waals surface area (Å²) >= 11 is 0. The normalized spacial score (nSPS) is 17.0. The molecule has 2 heteroatoms. The molecule has 2 nitrogen and oxygen atoms in total. The van der Waals surface area contributed by atoms with Gasteiger partial charge in [-0.3, -0.25) is 0 Å². The molecule has 1 aliphatic heterocycles. The highest BCUT2D eigenvalue weighted by Gasteiger charge is 2.13. The molecule has 1 fully saturated rings. The predicted molar refractivity (Wildman–Crippen MR) is 61.6 cm³/mol. The summed E-state index contributed by atoms with van der Waals surface area (Å²) in [4.78, 5) is 0. The van der Waals surface area contributed by atoms with Gasteiger partial charge < -0.3 is 10.6 Å². The van der Waals surface area contributed by atoms with Crippen molar-refractivity contribution in [3.63, 3.8) is 0 Å². The zero-order valence-electron chi connectivity index (χ0n) is 9.62. The van der Waals surface area contributed by atoms with Crippen molar-refractivity contribution in [3.8, 4) is 0 Å². The summed E-state index contributed by atoms with van der Waals surface area (Å²) in [7, 11) is 0. The Hall–Kier alpha value is -1.18. The summed E-state index contributed by atoms with van der Waals surface area (Å²) in [6.07, 6.45) is 1.06. The second-order valence-corrected chi connectivity index (χ2v) is 4.13. The van der Waals surface area contributed by atoms with E-state index in [0.29, 0.717) is 0 Å². The van der Waals surface area contributed by atoms with Gasteiger partial charge in [-0.2, -0.15) is 0 Å². The smallest absolute Gasteiger partial charge is 0.0957 e. The molecule has 0 atom stereocenters. The molecule has 14 heavy (non-hydrogen) atoms. The summed E-state index contributed by atoms with van der Waals surface area (Å²) in [5.41, 5.74) is 5.34. The van der Waals surface area contributed by atoms with Gasteiger partial charge in [0.05, 0.1) is 5.82 Å². The lowest BCUT2D eigenvalue weighted by molar-refractivity contribution is 0.780. The van der Waals surface area contributed by atoms with Crippen molar-refractivity contribution in [2.24, 2.45) is 0 Å². The summed E-state index contributed by atoms with van der Waals surface area (Å²) in [6, 6.07) is 0. The van der Waals surface area contributed by atoms with Crippen LogP contribution in [-0.4, -0.2) is 6.54 Å². The quantitative estimate of drug-likeness (QED) is 0.616. The Morgan fingerprint density at radius 2 is 1.79 bits per heavy atom. The van der Waals surface area contributed by atoms with E-state index in [2.05, 4.69) is 44.9 Å². The van der Waals surface area contributed by atoms with E-state index in [1.165, 1.54) is 22.4 Å². The standard InChI is InChI=1S/C12H20N2/c1-8(2)11-6-7-13-10(5)14-12(11)9(3)4/h13-14H,5-7H2,1-4H3. The summed E-state index contributed by atoms with van der Waals surface area (Å²) in [5, 5.41) is 6.57. The monoisotopic (exact) mass is 192 g/mol. The summed E-state index contributed by atoms with van der Waals surface area (Å²) in [6.45, 7) is 13.5. The van der Waals surface area contributed by atoms with Crippen molar-refractivity contribution in [2.45, 2.75) is 34.1 Å². The molecule has 0 aromatic carbocycles. The van der Waals surface area contributed by atoms with Gasteiger partial charge in [0, 0.05) is 12.2 Å². The Labute approximate surface area is 86.8 Å². The number of allylic oxidation sites excluding steroid dienone is 3. The van der Waals surface area contributed by atoms with Crippen LogP contribution in [0, 0.1) is 0 Å². The van der Waals surface area contributed by atoms with Gasteiger partial charge >= 0.3 is 0 Å². The van der Waals surface area contributed by atoms with E-state index in [-0.39, 0.29) is 0 Å². The van der Waals surface area contributed by atoms with E-state index in [1.54, 1.807) is 0 Å². The molecule has 0 unspecified atom stereocenters. The van der Waals surface area contributed by atoms with Gasteiger partial charge in [-0.15, -0.1) is 0 Å². The highest BCUT2D eigenvalue weighted by molar-refractivity contribution is 5.38. The highest BCUT2D eigenvalue weighted by atomic mass is 15.1. The van der Waals surface area contributed by atoms with Crippen LogP contribution in [0.4, 0.5) is 0 Å². The Balaban J connectivity index is 3.11. The van der Waals surface area contributed by atoms with Gasteiger partial charge in [-0.05, 0) is 39.7 Å². The first-order valence-corrected chi connectivity index (χ1v) is 5.06. The molecule has 0 amide bonds. The molecule has 0 aromatic heterocycles. The van der Waals surface area contributed by atoms with Crippen LogP contribution < -0.4 is 10.6 Å². The fourth-order valence-electron chi connectivity index (χ4n) is 1.66. The topological polar surface area (TPSA) is 24.1 Å². The number of hydrogen-bond acceptors (Lipinski definition) is 2. The molecule has 1 aliphatic rings. The first-order chi connectivity index (χ1) is 6.52. The van der Waals surface area contributed by atoms with Gasteiger partial charge in [-0.1, -0.05) is 17.7 Å². The van der Waals surface area contributed by atoms with Crippen LogP contribution in [0.2, 0.25) is 0 Å². The minimum atomic E-state index is 0.900. The van der Waals surface area contributed by atoms with Crippen molar-refractivity contribution in [2.75, 3.05) is 6.54 Å². The molecular weight excluding hydrogens is 172 g/mol. The Morgan fingerprint density at radius 3 is 2.29 bits per heavy atom. The fraction of sp³-hybridized carbons (Fsp3) is 0.500. The van der Waals surface area contributed by atoms with Crippen LogP contribution in [0.5, 0.6) is 0 Å². The van der Waals surface area contributed by atoms with Gasteiger partial charge in [0.2, 0.25) is 0 Å². The molecule has 0 radical (unpaired) electrons. The lowest BCUT2D eigenvalue weighted by Crippen LogP contribution is -2.22. The minimum Gasteiger partial charge on any atom is -0.372 e. The molecule has 2 N–H and O–H groups in total. The second-order valence-electron chi connectivity index (χ2n) is 4.13. The Kier molecular flexibility index (Phi) is 3.39. The van der Waals surface area contributed by atoms with Gasteiger partial charge in [-0.25, -0.2) is 0 Å². The van der Waals surface area contributed by atoms with Crippen molar-refractivity contribution >= 4 is 0 Å². The van der Waals surface area contributed by atoms with Crippen molar-refractivity contribution in [3.05, 3.63) is 34.8 Å². The van der Waals surface area contributed by atoms with E-state index < -0.39 is 0 Å². The van der Waals surface area contributed by atoms with Crippen LogP contribution >= 0.6 is 0 Å². The number of hydrogen-bond donors (Lipinski definition) is 2. The zero-order chi connectivity index (χ0) is 10.7. The molecule has 1 rings (SSSR count). The van der Waals surface area contributed by atoms with E-state index in [0.717, 1.165) is 18.8 Å². The lowest BCUT2D eigenvalue weighted by atomic mass is 10.0. The average molecular weight is 192 g/mol. The zero-order valence-corrected chi connectivity index (χ0v) is 9.62. The number of nitrogens with one attached hydrogen (secondary N) is 2. The largest absolute Gasteiger partial charge is 0.372 e. The third-order valence-electron chi connectivity index (χ3n) is 2.39. The predicted octanol–water partition coefficient (Wildman–Crippen LogP) is 2.67. The van der Waals surface area contributed by atoms with Crippen molar-refractivity contribution < 1.29 is 0 Å². The second kappa shape index (κ2) is 4.36. The third kappa shape index (κ3) is 2.41. The van der Waals surface area contributed by atoms with E-state index in [1.807, 2.05) is 0 Å². The van der Waals surface area contributed by atoms with E-state index in [9.17, 15) is 0 Å². The maximum atomic E-state index is 3.92. The molecule has 78 valence electrons.